The molecule has 0 saturated carbocycles. The summed E-state index contributed by atoms with van der Waals surface area (Å²) >= 11 is 0. The Balaban J connectivity index is 3.80. The maximum atomic E-state index is 12.0. The number of carbonyl (C=O) groups is 5. The van der Waals surface area contributed by atoms with Gasteiger partial charge in [-0.1, -0.05) is 0 Å². The highest BCUT2D eigenvalue weighted by atomic mass is 32.2. The summed E-state index contributed by atoms with van der Waals surface area (Å²) in [6, 6.07) is -1.10. The highest BCUT2D eigenvalue weighted by Crippen LogP contribution is 2.06. The number of ketones is 2. The molecule has 1 atom stereocenters. The fourth-order valence-corrected chi connectivity index (χ4v) is 3.59. The standard InChI is InChI=1S/C22H38N2O13S/c1-17(25)14-36-11-10-35-8-6-23-21(28)15-37-12-9-34-7-2-3-19(26)5-4-18(16-38(31,32)33)24-20(27)13-22(29)30/h18H,2-16H2,1H3,(H,23,28)(H,24,27)(H,29,30)(H,31,32,33). The monoisotopic (exact) mass is 570 g/mol. The third kappa shape index (κ3) is 25.2. The first kappa shape index (κ1) is 35.5. The highest BCUT2D eigenvalue weighted by molar-refractivity contribution is 7.85. The summed E-state index contributed by atoms with van der Waals surface area (Å²) < 4.78 is 51.9. The molecule has 220 valence electrons. The fraction of sp³-hybridized carbons (Fsp3) is 0.773. The third-order valence-electron chi connectivity index (χ3n) is 4.46. The molecule has 38 heavy (non-hydrogen) atoms. The van der Waals surface area contributed by atoms with Crippen molar-refractivity contribution in [2.24, 2.45) is 0 Å². The van der Waals surface area contributed by atoms with Crippen LogP contribution in [0.25, 0.3) is 0 Å². The molecule has 1 unspecified atom stereocenters. The predicted octanol–water partition coefficient (Wildman–Crippen LogP) is -1.27. The lowest BCUT2D eigenvalue weighted by Crippen LogP contribution is -2.40. The van der Waals surface area contributed by atoms with E-state index in [4.69, 9.17) is 28.6 Å². The number of rotatable bonds is 25. The Morgan fingerprint density at radius 1 is 0.816 bits per heavy atom. The van der Waals surface area contributed by atoms with Crippen LogP contribution in [-0.4, -0.2) is 119 Å². The van der Waals surface area contributed by atoms with Crippen molar-refractivity contribution in [1.29, 1.82) is 0 Å². The van der Waals surface area contributed by atoms with E-state index in [2.05, 4.69) is 10.6 Å². The molecule has 0 bridgehead atoms. The first-order valence-electron chi connectivity index (χ1n) is 11.9. The van der Waals surface area contributed by atoms with Crippen molar-refractivity contribution in [1.82, 2.24) is 10.6 Å². The van der Waals surface area contributed by atoms with E-state index in [1.807, 2.05) is 0 Å². The molecular weight excluding hydrogens is 532 g/mol. The van der Waals surface area contributed by atoms with Crippen LogP contribution in [0.15, 0.2) is 0 Å². The number of hydrogen-bond acceptors (Lipinski definition) is 11. The van der Waals surface area contributed by atoms with Crippen LogP contribution < -0.4 is 10.6 Å². The molecule has 0 aliphatic heterocycles. The molecule has 0 aliphatic rings. The number of ether oxygens (including phenoxy) is 4. The zero-order chi connectivity index (χ0) is 28.8. The molecule has 0 fully saturated rings. The zero-order valence-corrected chi connectivity index (χ0v) is 22.3. The molecular formula is C22H38N2O13S. The van der Waals surface area contributed by atoms with Crippen molar-refractivity contribution >= 4 is 39.5 Å². The predicted molar refractivity (Wildman–Crippen MR) is 131 cm³/mol. The molecule has 15 nitrogen and oxygen atoms in total. The van der Waals surface area contributed by atoms with Gasteiger partial charge in [0.2, 0.25) is 11.8 Å². The van der Waals surface area contributed by atoms with Gasteiger partial charge in [0.15, 0.2) is 5.78 Å². The molecule has 0 rings (SSSR count). The Kier molecular flexibility index (Phi) is 20.0. The second-order valence-electron chi connectivity index (χ2n) is 8.15. The lowest BCUT2D eigenvalue weighted by atomic mass is 10.1. The van der Waals surface area contributed by atoms with E-state index in [1.165, 1.54) is 6.92 Å². The second-order valence-corrected chi connectivity index (χ2v) is 9.64. The topological polar surface area (TPSA) is 221 Å². The smallest absolute Gasteiger partial charge is 0.312 e. The summed E-state index contributed by atoms with van der Waals surface area (Å²) in [6.45, 7) is 3.12. The first-order chi connectivity index (χ1) is 17.9. The van der Waals surface area contributed by atoms with Gasteiger partial charge in [-0.3, -0.25) is 28.5 Å². The number of nitrogens with one attached hydrogen (secondary N) is 2. The Morgan fingerprint density at radius 3 is 2.03 bits per heavy atom. The number of aliphatic carboxylic acids is 1. The average Bonchev–Trinajstić information content (AvgIpc) is 2.79. The van der Waals surface area contributed by atoms with Gasteiger partial charge in [0.1, 0.15) is 25.4 Å². The average molecular weight is 571 g/mol. The number of carbonyl (C=O) groups excluding carboxylic acids is 4. The fourth-order valence-electron chi connectivity index (χ4n) is 2.83. The van der Waals surface area contributed by atoms with Crippen LogP contribution >= 0.6 is 0 Å². The lowest BCUT2D eigenvalue weighted by molar-refractivity contribution is -0.141. The summed E-state index contributed by atoms with van der Waals surface area (Å²) in [6.07, 6.45) is -0.506. The number of hydrogen-bond donors (Lipinski definition) is 4. The SMILES string of the molecule is CC(=O)COCCOCCNC(=O)COCCOCCCC(=O)CCC(CS(=O)(=O)O)NC(=O)CC(=O)O. The van der Waals surface area contributed by atoms with E-state index in [1.54, 1.807) is 0 Å². The second kappa shape index (κ2) is 21.4. The van der Waals surface area contributed by atoms with E-state index < -0.39 is 40.2 Å². The van der Waals surface area contributed by atoms with Gasteiger partial charge in [0.25, 0.3) is 10.1 Å². The summed E-state index contributed by atoms with van der Waals surface area (Å²) in [5.74, 6) is -3.77. The van der Waals surface area contributed by atoms with Gasteiger partial charge in [-0.2, -0.15) is 8.42 Å². The van der Waals surface area contributed by atoms with Gasteiger partial charge in [-0.25, -0.2) is 0 Å². The maximum Gasteiger partial charge on any atom is 0.312 e. The number of carboxylic acids is 1. The Bertz CT molecular complexity index is 848. The van der Waals surface area contributed by atoms with Crippen molar-refractivity contribution in [2.75, 3.05) is 65.2 Å². The van der Waals surface area contributed by atoms with Gasteiger partial charge in [-0.05, 0) is 19.8 Å². The van der Waals surface area contributed by atoms with Crippen molar-refractivity contribution < 1.29 is 61.0 Å². The summed E-state index contributed by atoms with van der Waals surface area (Å²) in [7, 11) is -4.44. The number of Topliss-reactive ketones (excluding diaryl/α,β-unsaturated/α-hetero) is 2. The van der Waals surface area contributed by atoms with Crippen LogP contribution in [0.2, 0.25) is 0 Å². The van der Waals surface area contributed by atoms with Gasteiger partial charge in [-0.15, -0.1) is 0 Å². The number of carboxylic acid groups (broad SMARTS) is 1. The number of amides is 2. The molecule has 0 aromatic carbocycles. The third-order valence-corrected chi connectivity index (χ3v) is 5.28. The summed E-state index contributed by atoms with van der Waals surface area (Å²) in [5.41, 5.74) is 0. The largest absolute Gasteiger partial charge is 0.481 e. The summed E-state index contributed by atoms with van der Waals surface area (Å²) in [4.78, 5) is 56.4. The van der Waals surface area contributed by atoms with E-state index in [9.17, 15) is 32.4 Å². The molecule has 0 aliphatic carbocycles. The van der Waals surface area contributed by atoms with Crippen LogP contribution in [0.4, 0.5) is 0 Å². The molecule has 0 aromatic rings. The minimum absolute atomic E-state index is 0.0441. The zero-order valence-electron chi connectivity index (χ0n) is 21.5. The van der Waals surface area contributed by atoms with Gasteiger partial charge in [0, 0.05) is 32.0 Å². The Labute approximate surface area is 221 Å². The van der Waals surface area contributed by atoms with Crippen molar-refractivity contribution in [3.63, 3.8) is 0 Å². The molecule has 0 aromatic heterocycles. The van der Waals surface area contributed by atoms with E-state index in [0.29, 0.717) is 19.6 Å². The Hall–Kier alpha value is -2.50. The van der Waals surface area contributed by atoms with Gasteiger partial charge in [0.05, 0.1) is 38.8 Å². The molecule has 16 heteroatoms. The van der Waals surface area contributed by atoms with Crippen LogP contribution in [0.3, 0.4) is 0 Å². The lowest BCUT2D eigenvalue weighted by Gasteiger charge is -2.16. The summed E-state index contributed by atoms with van der Waals surface area (Å²) in [5, 5.41) is 13.4. The molecule has 0 spiro atoms. The van der Waals surface area contributed by atoms with Crippen LogP contribution in [0, 0.1) is 0 Å². The molecule has 2 amide bonds. The van der Waals surface area contributed by atoms with Gasteiger partial charge < -0.3 is 34.7 Å². The molecule has 0 saturated heterocycles. The van der Waals surface area contributed by atoms with E-state index in [-0.39, 0.29) is 83.0 Å². The highest BCUT2D eigenvalue weighted by Gasteiger charge is 2.21. The Morgan fingerprint density at radius 2 is 1.42 bits per heavy atom. The van der Waals surface area contributed by atoms with Crippen molar-refractivity contribution in [3.8, 4) is 0 Å². The minimum Gasteiger partial charge on any atom is -0.481 e. The van der Waals surface area contributed by atoms with Crippen LogP contribution in [0.5, 0.6) is 0 Å². The van der Waals surface area contributed by atoms with Crippen LogP contribution in [-0.2, 0) is 53.0 Å². The van der Waals surface area contributed by atoms with Crippen LogP contribution in [0.1, 0.15) is 39.0 Å². The molecule has 0 heterocycles. The van der Waals surface area contributed by atoms with E-state index in [0.717, 1.165) is 0 Å². The first-order valence-corrected chi connectivity index (χ1v) is 13.5. The quantitative estimate of drug-likeness (QED) is 0.0572. The maximum absolute atomic E-state index is 12.0. The molecule has 4 N–H and O–H groups in total. The minimum atomic E-state index is -4.44. The van der Waals surface area contributed by atoms with E-state index >= 15 is 0 Å². The van der Waals surface area contributed by atoms with Crippen molar-refractivity contribution in [2.45, 2.75) is 45.1 Å². The van der Waals surface area contributed by atoms with Crippen molar-refractivity contribution in [3.05, 3.63) is 0 Å². The normalized spacial score (nSPS) is 12.1. The molecule has 0 radical (unpaired) electrons. The van der Waals surface area contributed by atoms with Gasteiger partial charge >= 0.3 is 5.97 Å².